The minimum absolute atomic E-state index is 0.0397. The van der Waals surface area contributed by atoms with Crippen molar-refractivity contribution in [3.05, 3.63) is 35.9 Å². The Morgan fingerprint density at radius 3 is 2.71 bits per heavy atom. The number of nitrogens with one attached hydrogen (secondary N) is 1. The molecule has 0 spiro atoms. The lowest BCUT2D eigenvalue weighted by atomic mass is 10.0. The quantitative estimate of drug-likeness (QED) is 0.260. The van der Waals surface area contributed by atoms with Crippen LogP contribution in [0.5, 0.6) is 0 Å². The topological polar surface area (TPSA) is 83.1 Å². The molecule has 0 radical (unpaired) electrons. The van der Waals surface area contributed by atoms with Gasteiger partial charge in [-0.2, -0.15) is 0 Å². The van der Waals surface area contributed by atoms with Crippen LogP contribution < -0.4 is 11.1 Å². The number of rotatable bonds is 10. The number of amidine groups is 1. The van der Waals surface area contributed by atoms with Gasteiger partial charge in [-0.25, -0.2) is 0 Å². The maximum absolute atomic E-state index is 8.75. The minimum atomic E-state index is 0.0397. The Balaban J connectivity index is 2.50. The summed E-state index contributed by atoms with van der Waals surface area (Å²) in [5.41, 5.74) is 6.77. The standard InChI is InChI=1S/C15H26N4O2/c1-19(10-11-21-2)9-8-17-14(12-15(16)18-20)13-6-4-3-5-7-13/h3-7,14,17,20H,8-12H2,1-2H3,(H2,16,18). The normalized spacial score (nSPS) is 13.6. The number of benzene rings is 1. The number of methoxy groups -OCH3 is 1. The van der Waals surface area contributed by atoms with Gasteiger partial charge in [-0.1, -0.05) is 35.5 Å². The molecule has 0 aliphatic heterocycles. The van der Waals surface area contributed by atoms with Crippen LogP contribution in [-0.2, 0) is 4.74 Å². The van der Waals surface area contributed by atoms with Crippen molar-refractivity contribution < 1.29 is 9.94 Å². The van der Waals surface area contributed by atoms with Gasteiger partial charge in [0.15, 0.2) is 0 Å². The molecule has 0 heterocycles. The summed E-state index contributed by atoms with van der Waals surface area (Å²) in [4.78, 5) is 2.20. The molecule has 1 aromatic carbocycles. The number of ether oxygens (including phenoxy) is 1. The zero-order valence-electron chi connectivity index (χ0n) is 12.8. The predicted octanol–water partition coefficient (Wildman–Crippen LogP) is 1.03. The van der Waals surface area contributed by atoms with Crippen LogP contribution in [0.15, 0.2) is 35.5 Å². The van der Waals surface area contributed by atoms with Gasteiger partial charge in [-0.05, 0) is 12.6 Å². The van der Waals surface area contributed by atoms with Crippen molar-refractivity contribution in [2.45, 2.75) is 12.5 Å². The van der Waals surface area contributed by atoms with Gasteiger partial charge in [0, 0.05) is 39.2 Å². The van der Waals surface area contributed by atoms with Crippen LogP contribution in [0.1, 0.15) is 18.0 Å². The first-order valence-corrected chi connectivity index (χ1v) is 7.09. The molecular weight excluding hydrogens is 268 g/mol. The first-order chi connectivity index (χ1) is 10.2. The number of hydrogen-bond acceptors (Lipinski definition) is 5. The fourth-order valence-corrected chi connectivity index (χ4v) is 2.03. The van der Waals surface area contributed by atoms with Gasteiger partial charge < -0.3 is 25.9 Å². The Morgan fingerprint density at radius 2 is 2.10 bits per heavy atom. The van der Waals surface area contributed by atoms with E-state index in [4.69, 9.17) is 15.7 Å². The molecule has 0 bridgehead atoms. The highest BCUT2D eigenvalue weighted by molar-refractivity contribution is 5.80. The molecule has 0 fully saturated rings. The van der Waals surface area contributed by atoms with Crippen LogP contribution in [0, 0.1) is 0 Å². The van der Waals surface area contributed by atoms with Crippen molar-refractivity contribution in [3.8, 4) is 0 Å². The highest BCUT2D eigenvalue weighted by Crippen LogP contribution is 2.16. The Hall–Kier alpha value is -1.63. The third kappa shape index (κ3) is 7.08. The Bertz CT molecular complexity index is 411. The van der Waals surface area contributed by atoms with Crippen LogP contribution in [-0.4, -0.2) is 56.3 Å². The van der Waals surface area contributed by atoms with Crippen molar-refractivity contribution in [1.29, 1.82) is 0 Å². The first-order valence-electron chi connectivity index (χ1n) is 7.09. The van der Waals surface area contributed by atoms with E-state index in [-0.39, 0.29) is 11.9 Å². The number of hydrogen-bond donors (Lipinski definition) is 3. The molecule has 21 heavy (non-hydrogen) atoms. The molecule has 118 valence electrons. The molecular formula is C15H26N4O2. The van der Waals surface area contributed by atoms with Crippen LogP contribution in [0.2, 0.25) is 0 Å². The third-order valence-corrected chi connectivity index (χ3v) is 3.31. The second-order valence-electron chi connectivity index (χ2n) is 5.01. The van der Waals surface area contributed by atoms with Gasteiger partial charge in [0.2, 0.25) is 0 Å². The van der Waals surface area contributed by atoms with E-state index < -0.39 is 0 Å². The number of nitrogens with two attached hydrogens (primary N) is 1. The number of nitrogens with zero attached hydrogens (tertiary/aromatic N) is 2. The maximum atomic E-state index is 8.75. The monoisotopic (exact) mass is 294 g/mol. The van der Waals surface area contributed by atoms with Crippen LogP contribution in [0.4, 0.5) is 0 Å². The summed E-state index contributed by atoms with van der Waals surface area (Å²) >= 11 is 0. The summed E-state index contributed by atoms with van der Waals surface area (Å²) in [6.45, 7) is 3.35. The second kappa shape index (κ2) is 10.1. The van der Waals surface area contributed by atoms with E-state index in [0.717, 1.165) is 31.8 Å². The van der Waals surface area contributed by atoms with Crippen molar-refractivity contribution in [2.75, 3.05) is 40.4 Å². The predicted molar refractivity (Wildman–Crippen MR) is 84.6 cm³/mol. The molecule has 4 N–H and O–H groups in total. The van der Waals surface area contributed by atoms with E-state index in [9.17, 15) is 0 Å². The molecule has 1 aromatic rings. The molecule has 6 nitrogen and oxygen atoms in total. The Kier molecular flexibility index (Phi) is 8.42. The zero-order valence-corrected chi connectivity index (χ0v) is 12.8. The highest BCUT2D eigenvalue weighted by Gasteiger charge is 2.13. The molecule has 0 amide bonds. The third-order valence-electron chi connectivity index (χ3n) is 3.31. The van der Waals surface area contributed by atoms with Crippen LogP contribution in [0.25, 0.3) is 0 Å². The van der Waals surface area contributed by atoms with E-state index in [1.807, 2.05) is 30.3 Å². The van der Waals surface area contributed by atoms with Crippen molar-refractivity contribution in [3.63, 3.8) is 0 Å². The fourth-order valence-electron chi connectivity index (χ4n) is 2.03. The molecule has 1 atom stereocenters. The summed E-state index contributed by atoms with van der Waals surface area (Å²) in [5.74, 6) is 0.226. The van der Waals surface area contributed by atoms with Gasteiger partial charge in [0.1, 0.15) is 5.84 Å². The van der Waals surface area contributed by atoms with Crippen LogP contribution >= 0.6 is 0 Å². The van der Waals surface area contributed by atoms with Gasteiger partial charge in [-0.3, -0.25) is 0 Å². The number of oxime groups is 1. The molecule has 6 heteroatoms. The summed E-state index contributed by atoms with van der Waals surface area (Å²) in [7, 11) is 3.76. The van der Waals surface area contributed by atoms with E-state index in [0.29, 0.717) is 6.42 Å². The molecule has 0 aliphatic carbocycles. The average Bonchev–Trinajstić information content (AvgIpc) is 2.52. The first kappa shape index (κ1) is 17.4. The summed E-state index contributed by atoms with van der Waals surface area (Å²) in [6.07, 6.45) is 0.475. The summed E-state index contributed by atoms with van der Waals surface area (Å²) in [6, 6.07) is 10.1. The van der Waals surface area contributed by atoms with E-state index >= 15 is 0 Å². The smallest absolute Gasteiger partial charge is 0.141 e. The van der Waals surface area contributed by atoms with E-state index in [1.54, 1.807) is 7.11 Å². The summed E-state index contributed by atoms with van der Waals surface area (Å²) < 4.78 is 5.05. The Morgan fingerprint density at radius 1 is 1.38 bits per heavy atom. The summed E-state index contributed by atoms with van der Waals surface area (Å²) in [5, 5.41) is 15.3. The average molecular weight is 294 g/mol. The van der Waals surface area contributed by atoms with Crippen molar-refractivity contribution in [2.24, 2.45) is 10.9 Å². The molecule has 1 unspecified atom stereocenters. The lowest BCUT2D eigenvalue weighted by Gasteiger charge is -2.21. The lowest BCUT2D eigenvalue weighted by molar-refractivity contribution is 0.161. The van der Waals surface area contributed by atoms with Gasteiger partial charge in [-0.15, -0.1) is 0 Å². The van der Waals surface area contributed by atoms with Gasteiger partial charge in [0.05, 0.1) is 6.61 Å². The Labute approximate surface area is 126 Å². The van der Waals surface area contributed by atoms with Crippen molar-refractivity contribution in [1.82, 2.24) is 10.2 Å². The maximum Gasteiger partial charge on any atom is 0.141 e. The lowest BCUT2D eigenvalue weighted by Crippen LogP contribution is -2.34. The minimum Gasteiger partial charge on any atom is -0.409 e. The highest BCUT2D eigenvalue weighted by atomic mass is 16.5. The van der Waals surface area contributed by atoms with Gasteiger partial charge in [0.25, 0.3) is 0 Å². The molecule has 0 saturated heterocycles. The molecule has 0 saturated carbocycles. The number of likely N-dealkylation sites (N-methyl/N-ethyl adjacent to an activating group) is 1. The molecule has 0 aliphatic rings. The van der Waals surface area contributed by atoms with Crippen LogP contribution in [0.3, 0.4) is 0 Å². The molecule has 1 rings (SSSR count). The zero-order chi connectivity index (χ0) is 15.5. The largest absolute Gasteiger partial charge is 0.409 e. The molecule has 0 aromatic heterocycles. The van der Waals surface area contributed by atoms with E-state index in [2.05, 4.69) is 22.4 Å². The second-order valence-corrected chi connectivity index (χ2v) is 5.01. The van der Waals surface area contributed by atoms with Gasteiger partial charge >= 0.3 is 0 Å². The SMILES string of the molecule is COCCN(C)CCNC(CC(N)=NO)c1ccccc1. The van der Waals surface area contributed by atoms with Crippen molar-refractivity contribution >= 4 is 5.84 Å². The van der Waals surface area contributed by atoms with E-state index in [1.165, 1.54) is 0 Å². The fraction of sp³-hybridized carbons (Fsp3) is 0.533.